The van der Waals surface area contributed by atoms with E-state index >= 15 is 0 Å². The van der Waals surface area contributed by atoms with E-state index in [0.717, 1.165) is 12.3 Å². The van der Waals surface area contributed by atoms with Gasteiger partial charge in [0, 0.05) is 6.20 Å². The van der Waals surface area contributed by atoms with Crippen LogP contribution in [0.1, 0.15) is 23.0 Å². The van der Waals surface area contributed by atoms with Gasteiger partial charge >= 0.3 is 12.1 Å². The lowest BCUT2D eigenvalue weighted by Gasteiger charge is -2.10. The number of ether oxygens (including phenoxy) is 1. The lowest BCUT2D eigenvalue weighted by atomic mass is 10.2. The molecule has 1 heterocycles. The van der Waals surface area contributed by atoms with Crippen molar-refractivity contribution in [1.82, 2.24) is 4.98 Å². The molecule has 3 nitrogen and oxygen atoms in total. The van der Waals surface area contributed by atoms with E-state index in [1.54, 1.807) is 0 Å². The summed E-state index contributed by atoms with van der Waals surface area (Å²) in [6, 6.07) is 1.08. The van der Waals surface area contributed by atoms with E-state index in [4.69, 9.17) is 11.6 Å². The summed E-state index contributed by atoms with van der Waals surface area (Å²) >= 11 is 5.44. The highest BCUT2D eigenvalue weighted by atomic mass is 35.5. The minimum Gasteiger partial charge on any atom is -0.462 e. The largest absolute Gasteiger partial charge is 0.462 e. The molecule has 0 amide bonds. The molecule has 0 aliphatic heterocycles. The van der Waals surface area contributed by atoms with Gasteiger partial charge in [0.15, 0.2) is 5.69 Å². The van der Waals surface area contributed by atoms with Gasteiger partial charge in [0.25, 0.3) is 0 Å². The van der Waals surface area contributed by atoms with Crippen molar-refractivity contribution in [3.8, 4) is 0 Å². The Hall–Kier alpha value is -1.30. The molecule has 0 fully saturated rings. The first kappa shape index (κ1) is 12.8. The molecule has 0 radical (unpaired) electrons. The van der Waals surface area contributed by atoms with Crippen molar-refractivity contribution < 1.29 is 22.7 Å². The fraction of sp³-hybridized carbons (Fsp3) is 0.333. The van der Waals surface area contributed by atoms with Crippen LogP contribution in [0.3, 0.4) is 0 Å². The lowest BCUT2D eigenvalue weighted by molar-refractivity contribution is -0.141. The molecule has 0 N–H and O–H groups in total. The van der Waals surface area contributed by atoms with E-state index in [-0.39, 0.29) is 12.2 Å². The number of hydrogen-bond donors (Lipinski definition) is 0. The number of alkyl halides is 3. The van der Waals surface area contributed by atoms with Gasteiger partial charge in [-0.05, 0) is 13.0 Å². The van der Waals surface area contributed by atoms with Crippen molar-refractivity contribution >= 4 is 17.6 Å². The Morgan fingerprint density at radius 1 is 1.56 bits per heavy atom. The van der Waals surface area contributed by atoms with Gasteiger partial charge in [0.1, 0.15) is 0 Å². The van der Waals surface area contributed by atoms with Gasteiger partial charge in [-0.15, -0.1) is 0 Å². The minimum atomic E-state index is -4.69. The number of pyridine rings is 1. The predicted molar refractivity (Wildman–Crippen MR) is 50.2 cm³/mol. The second-order valence-corrected chi connectivity index (χ2v) is 3.12. The third-order valence-corrected chi connectivity index (χ3v) is 2.04. The number of halogens is 4. The lowest BCUT2D eigenvalue weighted by Crippen LogP contribution is -2.13. The van der Waals surface area contributed by atoms with E-state index in [2.05, 4.69) is 9.72 Å². The standard InChI is InChI=1S/C9H7ClF3NO2/c1-2-16-8(15)5-3-4-14-7(6(5)10)9(11,12)13/h3-4H,2H2,1H3. The summed E-state index contributed by atoms with van der Waals surface area (Å²) < 4.78 is 41.7. The fourth-order valence-corrected chi connectivity index (χ4v) is 1.30. The molecule has 0 spiro atoms. The molecular weight excluding hydrogens is 247 g/mol. The minimum absolute atomic E-state index is 0.0544. The molecule has 0 saturated carbocycles. The maximum Gasteiger partial charge on any atom is 0.434 e. The van der Waals surface area contributed by atoms with Crippen LogP contribution >= 0.6 is 11.6 Å². The second kappa shape index (κ2) is 4.69. The SMILES string of the molecule is CCOC(=O)c1ccnc(C(F)(F)F)c1Cl. The van der Waals surface area contributed by atoms with Crippen LogP contribution in [0.15, 0.2) is 12.3 Å². The predicted octanol–water partition coefficient (Wildman–Crippen LogP) is 2.93. The van der Waals surface area contributed by atoms with E-state index in [0.29, 0.717) is 0 Å². The van der Waals surface area contributed by atoms with E-state index in [1.165, 1.54) is 6.92 Å². The van der Waals surface area contributed by atoms with E-state index < -0.39 is 22.9 Å². The van der Waals surface area contributed by atoms with Gasteiger partial charge in [-0.2, -0.15) is 13.2 Å². The molecule has 88 valence electrons. The van der Waals surface area contributed by atoms with Crippen LogP contribution in [0.2, 0.25) is 5.02 Å². The first-order valence-corrected chi connectivity index (χ1v) is 4.64. The summed E-state index contributed by atoms with van der Waals surface area (Å²) in [5, 5.41) is -0.742. The Morgan fingerprint density at radius 2 is 2.19 bits per heavy atom. The first-order valence-electron chi connectivity index (χ1n) is 4.26. The normalized spacial score (nSPS) is 11.3. The average Bonchev–Trinajstić information content (AvgIpc) is 2.16. The molecular formula is C9H7ClF3NO2. The topological polar surface area (TPSA) is 39.2 Å². The Bertz CT molecular complexity index is 406. The highest BCUT2D eigenvalue weighted by Crippen LogP contribution is 2.34. The number of esters is 1. The van der Waals surface area contributed by atoms with Gasteiger partial charge in [-0.3, -0.25) is 4.98 Å². The van der Waals surface area contributed by atoms with Crippen LogP contribution in [0.5, 0.6) is 0 Å². The third-order valence-electron chi connectivity index (χ3n) is 1.65. The molecule has 0 unspecified atom stereocenters. The smallest absolute Gasteiger partial charge is 0.434 e. The Labute approximate surface area is 94.2 Å². The van der Waals surface area contributed by atoms with Gasteiger partial charge in [-0.1, -0.05) is 11.6 Å². The first-order chi connectivity index (χ1) is 7.38. The molecule has 0 bridgehead atoms. The molecule has 0 aromatic carbocycles. The third kappa shape index (κ3) is 2.63. The van der Waals surface area contributed by atoms with Crippen LogP contribution in [0.4, 0.5) is 13.2 Å². The average molecular weight is 254 g/mol. The number of carbonyl (C=O) groups is 1. The number of carbonyl (C=O) groups excluding carboxylic acids is 1. The zero-order valence-electron chi connectivity index (χ0n) is 8.14. The molecule has 1 aromatic rings. The van der Waals surface area contributed by atoms with Crippen molar-refractivity contribution in [2.75, 3.05) is 6.61 Å². The Morgan fingerprint density at radius 3 is 2.69 bits per heavy atom. The highest BCUT2D eigenvalue weighted by Gasteiger charge is 2.36. The summed E-state index contributed by atoms with van der Waals surface area (Å²) in [4.78, 5) is 14.3. The van der Waals surface area contributed by atoms with Crippen LogP contribution in [0.25, 0.3) is 0 Å². The fourth-order valence-electron chi connectivity index (χ4n) is 1.01. The van der Waals surface area contributed by atoms with Crippen molar-refractivity contribution in [3.05, 3.63) is 28.5 Å². The summed E-state index contributed by atoms with van der Waals surface area (Å²) in [7, 11) is 0. The number of hydrogen-bond acceptors (Lipinski definition) is 3. The molecule has 0 saturated heterocycles. The van der Waals surface area contributed by atoms with E-state index in [9.17, 15) is 18.0 Å². The van der Waals surface area contributed by atoms with Crippen molar-refractivity contribution in [2.45, 2.75) is 13.1 Å². The number of rotatable bonds is 2. The van der Waals surface area contributed by atoms with Crippen LogP contribution in [0, 0.1) is 0 Å². The highest BCUT2D eigenvalue weighted by molar-refractivity contribution is 6.34. The zero-order valence-corrected chi connectivity index (χ0v) is 8.89. The summed E-state index contributed by atoms with van der Waals surface area (Å²) in [5.41, 5.74) is -1.63. The summed E-state index contributed by atoms with van der Waals surface area (Å²) in [6.45, 7) is 1.59. The van der Waals surface area contributed by atoms with Crippen molar-refractivity contribution in [3.63, 3.8) is 0 Å². The molecule has 0 aliphatic rings. The maximum atomic E-state index is 12.4. The van der Waals surface area contributed by atoms with Crippen LogP contribution < -0.4 is 0 Å². The van der Waals surface area contributed by atoms with Gasteiger partial charge in [-0.25, -0.2) is 4.79 Å². The number of aromatic nitrogens is 1. The summed E-state index contributed by atoms with van der Waals surface area (Å²) in [6.07, 6.45) is -3.83. The molecule has 0 atom stereocenters. The quantitative estimate of drug-likeness (QED) is 0.761. The van der Waals surface area contributed by atoms with Gasteiger partial charge in [0.05, 0.1) is 17.2 Å². The number of nitrogens with zero attached hydrogens (tertiary/aromatic N) is 1. The van der Waals surface area contributed by atoms with Gasteiger partial charge < -0.3 is 4.74 Å². The van der Waals surface area contributed by atoms with Crippen LogP contribution in [-0.4, -0.2) is 17.6 Å². The Balaban J connectivity index is 3.19. The maximum absolute atomic E-state index is 12.4. The molecule has 16 heavy (non-hydrogen) atoms. The molecule has 0 aliphatic carbocycles. The zero-order chi connectivity index (χ0) is 12.3. The summed E-state index contributed by atoms with van der Waals surface area (Å²) in [5.74, 6) is -0.902. The van der Waals surface area contributed by atoms with E-state index in [1.807, 2.05) is 0 Å². The molecule has 1 aromatic heterocycles. The van der Waals surface area contributed by atoms with Crippen LogP contribution in [-0.2, 0) is 10.9 Å². The van der Waals surface area contributed by atoms with Crippen molar-refractivity contribution in [1.29, 1.82) is 0 Å². The second-order valence-electron chi connectivity index (χ2n) is 2.74. The Kier molecular flexibility index (Phi) is 3.74. The molecule has 7 heteroatoms. The monoisotopic (exact) mass is 253 g/mol. The molecule has 1 rings (SSSR count). The van der Waals surface area contributed by atoms with Crippen molar-refractivity contribution in [2.24, 2.45) is 0 Å². The van der Waals surface area contributed by atoms with Gasteiger partial charge in [0.2, 0.25) is 0 Å².